The third-order valence-electron chi connectivity index (χ3n) is 4.07. The number of hydrogen-bond acceptors (Lipinski definition) is 0. The first-order valence-corrected chi connectivity index (χ1v) is 8.64. The van der Waals surface area contributed by atoms with E-state index in [4.69, 9.17) is 0 Å². The minimum atomic E-state index is 0.619. The van der Waals surface area contributed by atoms with Crippen molar-refractivity contribution in [3.8, 4) is 11.1 Å². The van der Waals surface area contributed by atoms with Gasteiger partial charge in [0.25, 0.3) is 0 Å². The molecule has 3 aromatic carbocycles. The zero-order valence-corrected chi connectivity index (χ0v) is 15.2. The molecule has 0 nitrogen and oxygen atoms in total. The van der Waals surface area contributed by atoms with Crippen molar-refractivity contribution < 1.29 is 0 Å². The quantitative estimate of drug-likeness (QED) is 0.467. The Morgan fingerprint density at radius 3 is 1.80 bits per heavy atom. The molecular formula is C25H26. The van der Waals surface area contributed by atoms with Crippen LogP contribution >= 0.6 is 0 Å². The summed E-state index contributed by atoms with van der Waals surface area (Å²) in [6.45, 7) is 11.9. The maximum Gasteiger partial charge on any atom is -0.0178 e. The highest BCUT2D eigenvalue weighted by Gasteiger charge is 1.96. The first-order valence-electron chi connectivity index (χ1n) is 8.64. The summed E-state index contributed by atoms with van der Waals surface area (Å²) in [5.74, 6) is 0.619. The summed E-state index contributed by atoms with van der Waals surface area (Å²) >= 11 is 0. The Morgan fingerprint density at radius 1 is 0.640 bits per heavy atom. The summed E-state index contributed by atoms with van der Waals surface area (Å²) in [5.41, 5.74) is 6.22. The highest BCUT2D eigenvalue weighted by atomic mass is 14.0. The molecule has 0 atom stereocenters. The topological polar surface area (TPSA) is 0 Å². The van der Waals surface area contributed by atoms with E-state index in [9.17, 15) is 0 Å². The van der Waals surface area contributed by atoms with Gasteiger partial charge in [0.05, 0.1) is 0 Å². The van der Waals surface area contributed by atoms with Crippen LogP contribution in [-0.2, 0) is 0 Å². The molecule has 0 N–H and O–H groups in total. The lowest BCUT2D eigenvalue weighted by molar-refractivity contribution is 0.866. The van der Waals surface area contributed by atoms with E-state index in [0.717, 1.165) is 5.56 Å². The molecule has 0 saturated heterocycles. The molecule has 0 spiro atoms. The van der Waals surface area contributed by atoms with Crippen LogP contribution in [0.25, 0.3) is 23.3 Å². The van der Waals surface area contributed by atoms with Gasteiger partial charge in [0.15, 0.2) is 0 Å². The molecule has 25 heavy (non-hydrogen) atoms. The molecular weight excluding hydrogens is 300 g/mol. The molecule has 3 rings (SSSR count). The molecule has 0 aromatic heterocycles. The summed E-state index contributed by atoms with van der Waals surface area (Å²) in [6, 6.07) is 27.2. The van der Waals surface area contributed by atoms with Crippen molar-refractivity contribution >= 4 is 12.2 Å². The van der Waals surface area contributed by atoms with Crippen molar-refractivity contribution in [3.05, 3.63) is 109 Å². The van der Waals surface area contributed by atoms with E-state index in [0.29, 0.717) is 5.92 Å². The van der Waals surface area contributed by atoms with Crippen LogP contribution in [0.4, 0.5) is 0 Å². The van der Waals surface area contributed by atoms with Gasteiger partial charge in [-0.05, 0) is 39.8 Å². The van der Waals surface area contributed by atoms with Crippen molar-refractivity contribution in [2.75, 3.05) is 0 Å². The van der Waals surface area contributed by atoms with Gasteiger partial charge in [-0.1, -0.05) is 112 Å². The lowest BCUT2D eigenvalue weighted by Gasteiger charge is -2.04. The number of benzene rings is 3. The Morgan fingerprint density at radius 2 is 1.24 bits per heavy atom. The van der Waals surface area contributed by atoms with Gasteiger partial charge in [-0.15, -0.1) is 0 Å². The minimum Gasteiger partial charge on any atom is -0.0985 e. The second-order valence-corrected chi connectivity index (χ2v) is 6.22. The lowest BCUT2D eigenvalue weighted by Crippen LogP contribution is -1.85. The van der Waals surface area contributed by atoms with Gasteiger partial charge >= 0.3 is 0 Å². The Balaban J connectivity index is 0.000000186. The minimum absolute atomic E-state index is 0.619. The molecule has 0 aliphatic rings. The Hall–Kier alpha value is -2.86. The molecule has 0 saturated carbocycles. The highest BCUT2D eigenvalue weighted by molar-refractivity contribution is 5.66. The molecule has 0 heteroatoms. The second-order valence-electron chi connectivity index (χ2n) is 6.22. The molecule has 0 aliphatic carbocycles. The van der Waals surface area contributed by atoms with Gasteiger partial charge in [0.2, 0.25) is 0 Å². The van der Waals surface area contributed by atoms with Crippen molar-refractivity contribution in [2.45, 2.75) is 19.8 Å². The van der Waals surface area contributed by atoms with Gasteiger partial charge in [0.1, 0.15) is 0 Å². The average molecular weight is 326 g/mol. The maximum atomic E-state index is 3.77. The van der Waals surface area contributed by atoms with Gasteiger partial charge in [-0.2, -0.15) is 0 Å². The third-order valence-corrected chi connectivity index (χ3v) is 4.07. The first kappa shape index (κ1) is 18.5. The molecule has 3 aromatic rings. The van der Waals surface area contributed by atoms with Crippen LogP contribution in [0.2, 0.25) is 0 Å². The number of rotatable bonds is 4. The Labute approximate surface area is 152 Å². The molecule has 0 radical (unpaired) electrons. The van der Waals surface area contributed by atoms with Gasteiger partial charge in [-0.25, -0.2) is 0 Å². The second kappa shape index (κ2) is 9.44. The van der Waals surface area contributed by atoms with Gasteiger partial charge in [0, 0.05) is 0 Å². The third kappa shape index (κ3) is 5.61. The first-order chi connectivity index (χ1) is 12.1. The van der Waals surface area contributed by atoms with E-state index < -0.39 is 0 Å². The van der Waals surface area contributed by atoms with E-state index >= 15 is 0 Å². The molecule has 0 amide bonds. The van der Waals surface area contributed by atoms with E-state index in [1.165, 1.54) is 22.3 Å². The maximum absolute atomic E-state index is 3.77. The summed E-state index contributed by atoms with van der Waals surface area (Å²) in [4.78, 5) is 0. The Bertz CT molecular complexity index is 793. The van der Waals surface area contributed by atoms with Crippen LogP contribution in [0.3, 0.4) is 0 Å². The zero-order valence-electron chi connectivity index (χ0n) is 15.2. The van der Waals surface area contributed by atoms with Gasteiger partial charge in [-0.3, -0.25) is 0 Å². The predicted molar refractivity (Wildman–Crippen MR) is 113 cm³/mol. The number of hydrogen-bond donors (Lipinski definition) is 0. The molecule has 0 unspecified atom stereocenters. The fourth-order valence-corrected chi connectivity index (χ4v) is 2.49. The normalized spacial score (nSPS) is 9.88. The van der Waals surface area contributed by atoms with Crippen LogP contribution in [0.15, 0.2) is 92.0 Å². The lowest BCUT2D eigenvalue weighted by atomic mass is 10.0. The van der Waals surface area contributed by atoms with Crippen LogP contribution in [0.5, 0.6) is 0 Å². The molecule has 0 fully saturated rings. The summed E-state index contributed by atoms with van der Waals surface area (Å²) in [5, 5.41) is 0. The van der Waals surface area contributed by atoms with E-state index in [1.807, 2.05) is 18.2 Å². The predicted octanol–water partition coefficient (Wildman–Crippen LogP) is 7.45. The summed E-state index contributed by atoms with van der Waals surface area (Å²) in [7, 11) is 0. The van der Waals surface area contributed by atoms with Crippen molar-refractivity contribution in [2.24, 2.45) is 0 Å². The smallest absolute Gasteiger partial charge is 0.0178 e. The van der Waals surface area contributed by atoms with Crippen molar-refractivity contribution in [1.82, 2.24) is 0 Å². The van der Waals surface area contributed by atoms with E-state index in [2.05, 4.69) is 99.8 Å². The molecule has 0 heterocycles. The molecule has 0 bridgehead atoms. The summed E-state index contributed by atoms with van der Waals surface area (Å²) < 4.78 is 0. The van der Waals surface area contributed by atoms with Gasteiger partial charge < -0.3 is 0 Å². The fraction of sp³-hybridized carbons (Fsp3) is 0.120. The van der Waals surface area contributed by atoms with E-state index in [1.54, 1.807) is 0 Å². The van der Waals surface area contributed by atoms with Crippen LogP contribution in [-0.4, -0.2) is 0 Å². The van der Waals surface area contributed by atoms with Crippen molar-refractivity contribution in [1.29, 1.82) is 0 Å². The Kier molecular flexibility index (Phi) is 6.98. The average Bonchev–Trinajstić information content (AvgIpc) is 2.69. The van der Waals surface area contributed by atoms with Crippen LogP contribution in [0.1, 0.15) is 36.5 Å². The summed E-state index contributed by atoms with van der Waals surface area (Å²) in [6.07, 6.45) is 3.73. The zero-order chi connectivity index (χ0) is 18.1. The SMILES string of the molecule is C=Cc1ccc(C(C)C)cc1.C=Cc1cccc(-c2ccccc2)c1. The van der Waals surface area contributed by atoms with Crippen molar-refractivity contribution in [3.63, 3.8) is 0 Å². The van der Waals surface area contributed by atoms with Crippen LogP contribution in [0, 0.1) is 0 Å². The highest BCUT2D eigenvalue weighted by Crippen LogP contribution is 2.20. The molecule has 0 aliphatic heterocycles. The fourth-order valence-electron chi connectivity index (χ4n) is 2.49. The van der Waals surface area contributed by atoms with E-state index in [-0.39, 0.29) is 0 Å². The molecule has 126 valence electrons. The monoisotopic (exact) mass is 326 g/mol. The standard InChI is InChI=1S/C14H12.C11H14/c1-2-12-7-6-10-14(11-12)13-8-4-3-5-9-13;1-4-10-5-7-11(8-6-10)9(2)3/h2-11H,1H2;4-9H,1H2,2-3H3. The van der Waals surface area contributed by atoms with Crippen LogP contribution < -0.4 is 0 Å². The largest absolute Gasteiger partial charge is 0.0985 e.